The van der Waals surface area contributed by atoms with Crippen LogP contribution in [0.1, 0.15) is 6.42 Å². The highest BCUT2D eigenvalue weighted by Crippen LogP contribution is 2.25. The van der Waals surface area contributed by atoms with E-state index in [1.807, 2.05) is 13.1 Å². The fourth-order valence-electron chi connectivity index (χ4n) is 3.27. The van der Waals surface area contributed by atoms with E-state index in [0.29, 0.717) is 25.6 Å². The van der Waals surface area contributed by atoms with Gasteiger partial charge in [0.25, 0.3) is 0 Å². The van der Waals surface area contributed by atoms with Gasteiger partial charge in [0, 0.05) is 13.1 Å². The van der Waals surface area contributed by atoms with Crippen LogP contribution in [0.4, 0.5) is 9.59 Å². The molecule has 0 aliphatic carbocycles. The van der Waals surface area contributed by atoms with Gasteiger partial charge in [-0.15, -0.1) is 0 Å². The van der Waals surface area contributed by atoms with Crippen molar-refractivity contribution in [3.05, 3.63) is 0 Å². The highest BCUT2D eigenvalue weighted by atomic mass is 28.5. The predicted molar refractivity (Wildman–Crippen MR) is 134 cm³/mol. The minimum Gasteiger partial charge on any atom is -0.441 e. The monoisotopic (exact) mass is 544 g/mol. The first kappa shape index (κ1) is 33.0. The molecular formula is C19H44N2O10Si3. The molecule has 0 radical (unpaired) electrons. The van der Waals surface area contributed by atoms with E-state index in [0.717, 1.165) is 6.04 Å². The molecule has 0 heterocycles. The van der Waals surface area contributed by atoms with E-state index in [1.54, 1.807) is 0 Å². The lowest BCUT2D eigenvalue weighted by Crippen LogP contribution is -2.53. The summed E-state index contributed by atoms with van der Waals surface area (Å²) in [5.41, 5.74) is 0. The standard InChI is InChI=1S/C19H44N2O10Si3/c1-32(2,10-7-8-20-18(26)28-16(12-22)13-23)30-34(5,6)31-33(3,4)11-9-21-19(27)29-17(14-24)15-25/h16-17,22-25H,7-15H2,1-6H3,(H,20,26)(H,21,27). The van der Waals surface area contributed by atoms with Gasteiger partial charge in [-0.1, -0.05) is 0 Å². The van der Waals surface area contributed by atoms with E-state index in [4.69, 9.17) is 38.1 Å². The number of aliphatic hydroxyl groups is 4. The van der Waals surface area contributed by atoms with Crippen molar-refractivity contribution in [2.24, 2.45) is 0 Å². The number of amides is 2. The quantitative estimate of drug-likeness (QED) is 0.113. The SMILES string of the molecule is C[Si](C)(CCCNC(=O)OC(CO)CO)O[Si](C)(C)O[Si](C)(C)CCNC(=O)OC(CO)CO. The maximum Gasteiger partial charge on any atom is 0.407 e. The van der Waals surface area contributed by atoms with Crippen LogP contribution < -0.4 is 10.6 Å². The van der Waals surface area contributed by atoms with Crippen LogP contribution in [0.15, 0.2) is 0 Å². The molecule has 0 aromatic carbocycles. The van der Waals surface area contributed by atoms with Gasteiger partial charge in [0.2, 0.25) is 0 Å². The number of nitrogens with one attached hydrogen (secondary N) is 2. The summed E-state index contributed by atoms with van der Waals surface area (Å²) < 4.78 is 22.7. The Bertz CT molecular complexity index is 603. The average Bonchev–Trinajstić information content (AvgIpc) is 2.71. The lowest BCUT2D eigenvalue weighted by Gasteiger charge is -2.38. The highest BCUT2D eigenvalue weighted by molar-refractivity contribution is 6.87. The third-order valence-electron chi connectivity index (χ3n) is 4.63. The molecule has 0 aromatic heterocycles. The first-order valence-corrected chi connectivity index (χ1v) is 20.5. The Morgan fingerprint density at radius 3 is 1.47 bits per heavy atom. The number of aliphatic hydroxyl groups excluding tert-OH is 4. The van der Waals surface area contributed by atoms with Crippen molar-refractivity contribution in [1.82, 2.24) is 10.6 Å². The van der Waals surface area contributed by atoms with Crippen LogP contribution in [-0.2, 0) is 17.7 Å². The molecule has 0 aliphatic heterocycles. The van der Waals surface area contributed by atoms with E-state index < -0.39 is 76.0 Å². The molecule has 0 aromatic rings. The van der Waals surface area contributed by atoms with Crippen molar-refractivity contribution in [2.45, 2.75) is 70.0 Å². The number of carbonyl (C=O) groups excluding carboxylic acids is 2. The van der Waals surface area contributed by atoms with Crippen LogP contribution in [0.3, 0.4) is 0 Å². The summed E-state index contributed by atoms with van der Waals surface area (Å²) >= 11 is 0. The molecule has 202 valence electrons. The van der Waals surface area contributed by atoms with Gasteiger partial charge in [-0.25, -0.2) is 9.59 Å². The third-order valence-corrected chi connectivity index (χ3v) is 16.0. The molecule has 6 N–H and O–H groups in total. The number of carbonyl (C=O) groups is 2. The van der Waals surface area contributed by atoms with Crippen LogP contribution in [0.25, 0.3) is 0 Å². The number of rotatable bonds is 17. The Labute approximate surface area is 205 Å². The van der Waals surface area contributed by atoms with Crippen molar-refractivity contribution in [1.29, 1.82) is 0 Å². The largest absolute Gasteiger partial charge is 0.441 e. The Balaban J connectivity index is 4.44. The molecule has 0 fully saturated rings. The maximum absolute atomic E-state index is 11.7. The molecule has 0 aliphatic rings. The topological polar surface area (TPSA) is 176 Å². The Hall–Kier alpha value is -1.05. The van der Waals surface area contributed by atoms with E-state index >= 15 is 0 Å². The van der Waals surface area contributed by atoms with Crippen molar-refractivity contribution in [3.63, 3.8) is 0 Å². The molecule has 0 saturated carbocycles. The van der Waals surface area contributed by atoms with E-state index in [1.165, 1.54) is 0 Å². The lowest BCUT2D eigenvalue weighted by atomic mass is 10.4. The molecule has 15 heteroatoms. The number of hydrogen-bond acceptors (Lipinski definition) is 10. The van der Waals surface area contributed by atoms with Crippen molar-refractivity contribution in [2.75, 3.05) is 39.5 Å². The van der Waals surface area contributed by atoms with Gasteiger partial charge in [0.05, 0.1) is 26.4 Å². The van der Waals surface area contributed by atoms with Crippen LogP contribution in [0.2, 0.25) is 51.4 Å². The fraction of sp³-hybridized carbons (Fsp3) is 0.895. The van der Waals surface area contributed by atoms with E-state index in [9.17, 15) is 9.59 Å². The summed E-state index contributed by atoms with van der Waals surface area (Å²) in [6.45, 7) is 11.3. The molecule has 2 amide bonds. The van der Waals surface area contributed by atoms with Crippen molar-refractivity contribution >= 4 is 37.4 Å². The second-order valence-corrected chi connectivity index (χ2v) is 22.1. The van der Waals surface area contributed by atoms with Gasteiger partial charge in [-0.2, -0.15) is 0 Å². The average molecular weight is 545 g/mol. The zero-order valence-electron chi connectivity index (χ0n) is 21.3. The lowest BCUT2D eigenvalue weighted by molar-refractivity contribution is 0.0223. The molecule has 0 bridgehead atoms. The van der Waals surface area contributed by atoms with Crippen LogP contribution in [0, 0.1) is 0 Å². The summed E-state index contributed by atoms with van der Waals surface area (Å²) in [6, 6.07) is 1.43. The fourth-order valence-corrected chi connectivity index (χ4v) is 17.0. The normalized spacial score (nSPS) is 12.7. The first-order valence-electron chi connectivity index (χ1n) is 11.4. The molecular weight excluding hydrogens is 500 g/mol. The molecule has 0 spiro atoms. The summed E-state index contributed by atoms with van der Waals surface area (Å²) in [4.78, 5) is 23.4. The molecule has 12 nitrogen and oxygen atoms in total. The van der Waals surface area contributed by atoms with E-state index in [-0.39, 0.29) is 0 Å². The van der Waals surface area contributed by atoms with E-state index in [2.05, 4.69) is 36.8 Å². The number of alkyl carbamates (subject to hydrolysis) is 2. The van der Waals surface area contributed by atoms with Crippen molar-refractivity contribution < 1.29 is 47.7 Å². The highest BCUT2D eigenvalue weighted by Gasteiger charge is 2.39. The smallest absolute Gasteiger partial charge is 0.407 e. The summed E-state index contributed by atoms with van der Waals surface area (Å²) in [5.74, 6) is 0. The molecule has 0 atom stereocenters. The number of hydrogen-bond donors (Lipinski definition) is 6. The molecule has 0 rings (SSSR count). The van der Waals surface area contributed by atoms with Crippen molar-refractivity contribution in [3.8, 4) is 0 Å². The third kappa shape index (κ3) is 15.8. The zero-order chi connectivity index (χ0) is 26.4. The Morgan fingerprint density at radius 2 is 1.06 bits per heavy atom. The van der Waals surface area contributed by atoms with Gasteiger partial charge >= 0.3 is 20.7 Å². The van der Waals surface area contributed by atoms with Gasteiger partial charge < -0.3 is 48.8 Å². The van der Waals surface area contributed by atoms with Gasteiger partial charge in [0.1, 0.15) is 12.2 Å². The zero-order valence-corrected chi connectivity index (χ0v) is 24.3. The van der Waals surface area contributed by atoms with Crippen LogP contribution in [-0.4, -0.2) is 110 Å². The Morgan fingerprint density at radius 1 is 0.676 bits per heavy atom. The summed E-state index contributed by atoms with van der Waals surface area (Å²) in [7, 11) is -6.70. The summed E-state index contributed by atoms with van der Waals surface area (Å²) in [6.07, 6.45) is -2.55. The summed E-state index contributed by atoms with van der Waals surface area (Å²) in [5, 5.41) is 41.0. The van der Waals surface area contributed by atoms with Gasteiger partial charge in [0.15, 0.2) is 16.6 Å². The van der Waals surface area contributed by atoms with Crippen LogP contribution >= 0.6 is 0 Å². The molecule has 0 unspecified atom stereocenters. The maximum atomic E-state index is 11.7. The van der Waals surface area contributed by atoms with Crippen LogP contribution in [0.5, 0.6) is 0 Å². The first-order chi connectivity index (χ1) is 15.7. The minimum absolute atomic E-state index is 0.349. The van der Waals surface area contributed by atoms with Gasteiger partial charge in [-0.05, 0) is 57.8 Å². The Kier molecular flexibility index (Phi) is 15.4. The second kappa shape index (κ2) is 15.8. The van der Waals surface area contributed by atoms with Gasteiger partial charge in [-0.3, -0.25) is 0 Å². The molecule has 34 heavy (non-hydrogen) atoms. The minimum atomic E-state index is -2.46. The second-order valence-electron chi connectivity index (χ2n) is 9.62. The molecule has 0 saturated heterocycles. The predicted octanol–water partition coefficient (Wildman–Crippen LogP) is 0.681. The number of ether oxygens (including phenoxy) is 2.